The first-order chi connectivity index (χ1) is 10.1. The Morgan fingerprint density at radius 3 is 2.38 bits per heavy atom. The fourth-order valence-corrected chi connectivity index (χ4v) is 2.07. The monoisotopic (exact) mass is 309 g/mol. The molecule has 0 amide bonds. The first-order valence-electron chi connectivity index (χ1n) is 7.06. The first-order valence-corrected chi connectivity index (χ1v) is 7.47. The van der Waals surface area contributed by atoms with E-state index in [0.29, 0.717) is 10.7 Å². The lowest BCUT2D eigenvalue weighted by Gasteiger charge is -2.19. The van der Waals surface area contributed by atoms with E-state index < -0.39 is 0 Å². The highest BCUT2D eigenvalue weighted by Gasteiger charge is 2.05. The summed E-state index contributed by atoms with van der Waals surface area (Å²) in [5.74, 6) is -0.346. The van der Waals surface area contributed by atoms with Gasteiger partial charge in [-0.25, -0.2) is 4.79 Å². The van der Waals surface area contributed by atoms with Crippen molar-refractivity contribution in [3.8, 4) is 0 Å². The summed E-state index contributed by atoms with van der Waals surface area (Å²) in [5, 5.41) is 6.83. The second kappa shape index (κ2) is 9.31. The van der Waals surface area contributed by atoms with Crippen molar-refractivity contribution < 1.29 is 9.53 Å². The van der Waals surface area contributed by atoms with Crippen LogP contribution in [0.25, 0.3) is 0 Å². The zero-order valence-electron chi connectivity index (χ0n) is 12.8. The van der Waals surface area contributed by atoms with Gasteiger partial charge < -0.3 is 20.3 Å². The van der Waals surface area contributed by atoms with Crippen molar-refractivity contribution in [1.29, 1.82) is 0 Å². The molecule has 0 heterocycles. The lowest BCUT2D eigenvalue weighted by molar-refractivity contribution is 0.0601. The second-order valence-electron chi connectivity index (χ2n) is 4.48. The Hall–Kier alpha value is -1.66. The van der Waals surface area contributed by atoms with E-state index in [9.17, 15) is 4.79 Å². The third-order valence-electron chi connectivity index (χ3n) is 3.17. The Kier molecular flexibility index (Phi) is 7.71. The van der Waals surface area contributed by atoms with Crippen LogP contribution in [0.5, 0.6) is 0 Å². The normalized spacial score (nSPS) is 10.3. The molecule has 21 heavy (non-hydrogen) atoms. The van der Waals surface area contributed by atoms with Crippen molar-refractivity contribution in [3.05, 3.63) is 29.8 Å². The van der Waals surface area contributed by atoms with Crippen molar-refractivity contribution >= 4 is 29.0 Å². The van der Waals surface area contributed by atoms with Crippen molar-refractivity contribution in [3.63, 3.8) is 0 Å². The number of carbonyl (C=O) groups is 1. The van der Waals surface area contributed by atoms with E-state index in [0.717, 1.165) is 31.9 Å². The first kappa shape index (κ1) is 17.4. The van der Waals surface area contributed by atoms with Crippen LogP contribution in [0.15, 0.2) is 24.3 Å². The molecular formula is C15H23N3O2S. The number of carbonyl (C=O) groups excluding carboxylic acids is 1. The Bertz CT molecular complexity index is 458. The van der Waals surface area contributed by atoms with Crippen LogP contribution >= 0.6 is 12.2 Å². The number of rotatable bonds is 7. The maximum absolute atomic E-state index is 11.3. The highest BCUT2D eigenvalue weighted by Crippen LogP contribution is 2.10. The summed E-state index contributed by atoms with van der Waals surface area (Å²) in [6, 6.07) is 6.99. The molecule has 0 fully saturated rings. The Balaban J connectivity index is 2.39. The Labute approximate surface area is 131 Å². The number of hydrogen-bond donors (Lipinski definition) is 2. The smallest absolute Gasteiger partial charge is 0.337 e. The topological polar surface area (TPSA) is 53.6 Å². The molecule has 1 aromatic rings. The minimum absolute atomic E-state index is 0.346. The van der Waals surface area contributed by atoms with Crippen molar-refractivity contribution in [2.24, 2.45) is 0 Å². The number of nitrogens with zero attached hydrogens (tertiary/aromatic N) is 1. The van der Waals surface area contributed by atoms with Gasteiger partial charge in [0.2, 0.25) is 0 Å². The summed E-state index contributed by atoms with van der Waals surface area (Å²) in [4.78, 5) is 13.6. The highest BCUT2D eigenvalue weighted by molar-refractivity contribution is 7.80. The van der Waals surface area contributed by atoms with Crippen LogP contribution in [-0.2, 0) is 4.74 Å². The maximum atomic E-state index is 11.3. The Morgan fingerprint density at radius 1 is 1.24 bits per heavy atom. The van der Waals surface area contributed by atoms with E-state index in [-0.39, 0.29) is 5.97 Å². The van der Waals surface area contributed by atoms with E-state index in [1.54, 1.807) is 24.3 Å². The van der Waals surface area contributed by atoms with Gasteiger partial charge in [-0.3, -0.25) is 0 Å². The molecule has 0 aromatic heterocycles. The molecule has 0 spiro atoms. The second-order valence-corrected chi connectivity index (χ2v) is 4.88. The summed E-state index contributed by atoms with van der Waals surface area (Å²) >= 11 is 5.24. The van der Waals surface area contributed by atoms with Crippen molar-refractivity contribution in [2.75, 3.05) is 38.6 Å². The standard InChI is InChI=1S/C15H23N3O2S/c1-4-18(5-2)11-10-16-15(21)17-13-8-6-12(7-9-13)14(19)20-3/h6-9H,4-5,10-11H2,1-3H3,(H2,16,17,21). The third kappa shape index (κ3) is 6.10. The fourth-order valence-electron chi connectivity index (χ4n) is 1.85. The molecule has 0 saturated carbocycles. The van der Waals surface area contributed by atoms with Crippen LogP contribution < -0.4 is 10.6 Å². The molecule has 0 bridgehead atoms. The highest BCUT2D eigenvalue weighted by atomic mass is 32.1. The van der Waals surface area contributed by atoms with E-state index in [1.807, 2.05) is 0 Å². The van der Waals surface area contributed by atoms with Crippen LogP contribution in [-0.4, -0.2) is 49.3 Å². The van der Waals surface area contributed by atoms with Gasteiger partial charge in [-0.1, -0.05) is 13.8 Å². The van der Waals surface area contributed by atoms with Gasteiger partial charge in [-0.05, 0) is 49.6 Å². The van der Waals surface area contributed by atoms with Crippen LogP contribution in [0.4, 0.5) is 5.69 Å². The minimum Gasteiger partial charge on any atom is -0.465 e. The van der Waals surface area contributed by atoms with Crippen molar-refractivity contribution in [1.82, 2.24) is 10.2 Å². The molecule has 116 valence electrons. The number of ether oxygens (including phenoxy) is 1. The molecule has 2 N–H and O–H groups in total. The summed E-state index contributed by atoms with van der Waals surface area (Å²) in [6.07, 6.45) is 0. The van der Waals surface area contributed by atoms with E-state index in [2.05, 4.69) is 34.1 Å². The number of likely N-dealkylation sites (N-methyl/N-ethyl adjacent to an activating group) is 1. The minimum atomic E-state index is -0.346. The lowest BCUT2D eigenvalue weighted by atomic mass is 10.2. The number of methoxy groups -OCH3 is 1. The van der Waals surface area contributed by atoms with E-state index in [1.165, 1.54) is 7.11 Å². The summed E-state index contributed by atoms with van der Waals surface area (Å²) < 4.78 is 4.65. The van der Waals surface area contributed by atoms with Crippen LogP contribution in [0.3, 0.4) is 0 Å². The third-order valence-corrected chi connectivity index (χ3v) is 3.42. The van der Waals surface area contributed by atoms with E-state index >= 15 is 0 Å². The largest absolute Gasteiger partial charge is 0.465 e. The molecule has 0 aliphatic heterocycles. The van der Waals surface area contributed by atoms with Gasteiger partial charge in [0.25, 0.3) is 0 Å². The van der Waals surface area contributed by atoms with Crippen LogP contribution in [0, 0.1) is 0 Å². The van der Waals surface area contributed by atoms with Gasteiger partial charge in [-0.2, -0.15) is 0 Å². The zero-order valence-corrected chi connectivity index (χ0v) is 13.6. The predicted octanol–water partition coefficient (Wildman–Crippen LogP) is 2.10. The zero-order chi connectivity index (χ0) is 15.7. The number of nitrogens with one attached hydrogen (secondary N) is 2. The predicted molar refractivity (Wildman–Crippen MR) is 89.8 cm³/mol. The molecule has 6 heteroatoms. The molecular weight excluding hydrogens is 286 g/mol. The number of thiocarbonyl (C=S) groups is 1. The van der Waals surface area contributed by atoms with Crippen LogP contribution in [0.1, 0.15) is 24.2 Å². The molecule has 0 atom stereocenters. The number of benzene rings is 1. The average molecular weight is 309 g/mol. The van der Waals surface area contributed by atoms with Gasteiger partial charge >= 0.3 is 5.97 Å². The number of anilines is 1. The summed E-state index contributed by atoms with van der Waals surface area (Å²) in [6.45, 7) is 8.11. The van der Waals surface area contributed by atoms with Gasteiger partial charge in [0.15, 0.2) is 5.11 Å². The number of hydrogen-bond acceptors (Lipinski definition) is 4. The Morgan fingerprint density at radius 2 is 1.86 bits per heavy atom. The van der Waals surface area contributed by atoms with Gasteiger partial charge in [0, 0.05) is 18.8 Å². The molecule has 0 aliphatic rings. The van der Waals surface area contributed by atoms with Gasteiger partial charge in [-0.15, -0.1) is 0 Å². The molecule has 1 rings (SSSR count). The average Bonchev–Trinajstić information content (AvgIpc) is 2.51. The fraction of sp³-hybridized carbons (Fsp3) is 0.467. The SMILES string of the molecule is CCN(CC)CCNC(=S)Nc1ccc(C(=O)OC)cc1. The van der Waals surface area contributed by atoms with Crippen LogP contribution in [0.2, 0.25) is 0 Å². The van der Waals surface area contributed by atoms with E-state index in [4.69, 9.17) is 12.2 Å². The number of esters is 1. The molecule has 0 unspecified atom stereocenters. The molecule has 0 saturated heterocycles. The molecule has 1 aromatic carbocycles. The quantitative estimate of drug-likeness (QED) is 0.594. The summed E-state index contributed by atoms with van der Waals surface area (Å²) in [5.41, 5.74) is 1.35. The summed E-state index contributed by atoms with van der Waals surface area (Å²) in [7, 11) is 1.36. The van der Waals surface area contributed by atoms with Gasteiger partial charge in [0.1, 0.15) is 0 Å². The lowest BCUT2D eigenvalue weighted by Crippen LogP contribution is -2.36. The maximum Gasteiger partial charge on any atom is 0.337 e. The molecule has 0 aliphatic carbocycles. The molecule has 0 radical (unpaired) electrons. The van der Waals surface area contributed by atoms with Crippen molar-refractivity contribution in [2.45, 2.75) is 13.8 Å². The molecule has 5 nitrogen and oxygen atoms in total. The van der Waals surface area contributed by atoms with Gasteiger partial charge in [0.05, 0.1) is 12.7 Å².